The first-order chi connectivity index (χ1) is 9.26. The number of unbranched alkanes of at least 4 members (excludes halogenated alkanes) is 1. The van der Waals surface area contributed by atoms with Gasteiger partial charge >= 0.3 is 5.97 Å². The number of carbonyl (C=O) groups is 1. The number of fused-ring (bicyclic) bond motifs is 1. The zero-order valence-electron chi connectivity index (χ0n) is 11.2. The molecule has 0 aliphatic rings. The first-order valence-electron chi connectivity index (χ1n) is 6.73. The monoisotopic (exact) mass is 260 g/mol. The molecule has 0 bridgehead atoms. The van der Waals surface area contributed by atoms with Crippen LogP contribution >= 0.6 is 0 Å². The van der Waals surface area contributed by atoms with E-state index in [1.807, 2.05) is 25.3 Å². The summed E-state index contributed by atoms with van der Waals surface area (Å²) in [7, 11) is 0. The van der Waals surface area contributed by atoms with E-state index in [-0.39, 0.29) is 5.97 Å². The van der Waals surface area contributed by atoms with Crippen molar-refractivity contribution in [1.82, 2.24) is 4.98 Å². The second-order valence-electron chi connectivity index (χ2n) is 4.54. The maximum atomic E-state index is 11.7. The molecule has 2 rings (SSSR count). The summed E-state index contributed by atoms with van der Waals surface area (Å²) in [5.74, 6) is -0.265. The van der Waals surface area contributed by atoms with Crippen LogP contribution in [0.1, 0.15) is 35.7 Å². The fourth-order valence-electron chi connectivity index (χ4n) is 2.19. The van der Waals surface area contributed by atoms with E-state index < -0.39 is 0 Å². The molecule has 1 aromatic carbocycles. The minimum atomic E-state index is -0.265. The number of benzene rings is 1. The lowest BCUT2D eigenvalue weighted by molar-refractivity contribution is 0.0526. The molecule has 3 N–H and O–H groups in total. The largest absolute Gasteiger partial charge is 0.462 e. The van der Waals surface area contributed by atoms with Crippen molar-refractivity contribution < 1.29 is 9.53 Å². The van der Waals surface area contributed by atoms with E-state index in [0.717, 1.165) is 36.7 Å². The van der Waals surface area contributed by atoms with Gasteiger partial charge in [0.05, 0.1) is 12.2 Å². The van der Waals surface area contributed by atoms with Crippen LogP contribution in [0.15, 0.2) is 24.4 Å². The molecule has 2 aromatic rings. The molecule has 0 aliphatic carbocycles. The van der Waals surface area contributed by atoms with Crippen molar-refractivity contribution in [3.8, 4) is 0 Å². The van der Waals surface area contributed by atoms with E-state index in [2.05, 4.69) is 4.98 Å². The molecular formula is C15H20N2O2. The van der Waals surface area contributed by atoms with Gasteiger partial charge in [-0.2, -0.15) is 0 Å². The van der Waals surface area contributed by atoms with E-state index in [0.29, 0.717) is 12.2 Å². The third-order valence-electron chi connectivity index (χ3n) is 3.18. The summed E-state index contributed by atoms with van der Waals surface area (Å²) < 4.78 is 5.03. The second kappa shape index (κ2) is 6.38. The van der Waals surface area contributed by atoms with E-state index in [1.54, 1.807) is 6.07 Å². The Bertz CT molecular complexity index is 560. The van der Waals surface area contributed by atoms with Gasteiger partial charge in [-0.15, -0.1) is 0 Å². The number of rotatable bonds is 6. The third kappa shape index (κ3) is 3.15. The fraction of sp³-hybridized carbons (Fsp3) is 0.400. The standard InChI is InChI=1S/C15H20N2O2/c1-2-19-15(18)11-6-7-14-13(9-11)12(10-17-14)5-3-4-8-16/h6-7,9-10,17H,2-5,8,16H2,1H3. The predicted octanol–water partition coefficient (Wildman–Crippen LogP) is 2.63. The predicted molar refractivity (Wildman–Crippen MR) is 76.2 cm³/mol. The number of ether oxygens (including phenoxy) is 1. The van der Waals surface area contributed by atoms with E-state index in [1.165, 1.54) is 5.56 Å². The fourth-order valence-corrected chi connectivity index (χ4v) is 2.19. The van der Waals surface area contributed by atoms with Gasteiger partial charge in [0, 0.05) is 17.1 Å². The molecule has 0 saturated carbocycles. The van der Waals surface area contributed by atoms with Crippen molar-refractivity contribution in [3.05, 3.63) is 35.5 Å². The number of aryl methyl sites for hydroxylation is 1. The molecule has 0 amide bonds. The molecule has 19 heavy (non-hydrogen) atoms. The molecule has 1 heterocycles. The number of hydrogen-bond acceptors (Lipinski definition) is 3. The molecule has 102 valence electrons. The summed E-state index contributed by atoms with van der Waals surface area (Å²) >= 11 is 0. The van der Waals surface area contributed by atoms with Gasteiger partial charge in [0.15, 0.2) is 0 Å². The summed E-state index contributed by atoms with van der Waals surface area (Å²) in [5.41, 5.74) is 8.40. The molecule has 0 spiro atoms. The molecule has 0 saturated heterocycles. The number of esters is 1. The van der Waals surface area contributed by atoms with Gasteiger partial charge in [-0.05, 0) is 56.5 Å². The molecular weight excluding hydrogens is 240 g/mol. The maximum Gasteiger partial charge on any atom is 0.338 e. The van der Waals surface area contributed by atoms with Crippen molar-refractivity contribution in [3.63, 3.8) is 0 Å². The van der Waals surface area contributed by atoms with Gasteiger partial charge in [-0.1, -0.05) is 0 Å². The summed E-state index contributed by atoms with van der Waals surface area (Å²) in [6.45, 7) is 2.93. The molecule has 0 fully saturated rings. The van der Waals surface area contributed by atoms with Crippen LogP contribution in [0.2, 0.25) is 0 Å². The van der Waals surface area contributed by atoms with Gasteiger partial charge in [-0.25, -0.2) is 4.79 Å². The summed E-state index contributed by atoms with van der Waals surface area (Å²) in [6, 6.07) is 5.62. The Labute approximate surface area is 112 Å². The lowest BCUT2D eigenvalue weighted by Crippen LogP contribution is -2.04. The number of H-pyrrole nitrogens is 1. The topological polar surface area (TPSA) is 68.1 Å². The van der Waals surface area contributed by atoms with Crippen molar-refractivity contribution in [2.75, 3.05) is 13.2 Å². The van der Waals surface area contributed by atoms with E-state index in [9.17, 15) is 4.79 Å². The zero-order valence-corrected chi connectivity index (χ0v) is 11.2. The highest BCUT2D eigenvalue weighted by atomic mass is 16.5. The number of carbonyl (C=O) groups excluding carboxylic acids is 1. The van der Waals surface area contributed by atoms with Crippen LogP contribution in [0.25, 0.3) is 10.9 Å². The summed E-state index contributed by atoms with van der Waals surface area (Å²) in [4.78, 5) is 15.0. The lowest BCUT2D eigenvalue weighted by Gasteiger charge is -2.03. The van der Waals surface area contributed by atoms with E-state index >= 15 is 0 Å². The minimum absolute atomic E-state index is 0.265. The van der Waals surface area contributed by atoms with Crippen LogP contribution in [0, 0.1) is 0 Å². The van der Waals surface area contributed by atoms with Gasteiger partial charge in [0.1, 0.15) is 0 Å². The average molecular weight is 260 g/mol. The number of hydrogen-bond donors (Lipinski definition) is 2. The number of aromatic nitrogens is 1. The summed E-state index contributed by atoms with van der Waals surface area (Å²) in [6.07, 6.45) is 5.07. The molecule has 1 aromatic heterocycles. The highest BCUT2D eigenvalue weighted by molar-refractivity contribution is 5.95. The molecule has 0 aliphatic heterocycles. The molecule has 0 unspecified atom stereocenters. The van der Waals surface area contributed by atoms with Crippen LogP contribution in [-0.2, 0) is 11.2 Å². The molecule has 4 heteroatoms. The first-order valence-corrected chi connectivity index (χ1v) is 6.73. The number of aromatic amines is 1. The van der Waals surface area contributed by atoms with Crippen molar-refractivity contribution in [1.29, 1.82) is 0 Å². The zero-order chi connectivity index (χ0) is 13.7. The van der Waals surface area contributed by atoms with E-state index in [4.69, 9.17) is 10.5 Å². The molecule has 0 radical (unpaired) electrons. The number of nitrogens with two attached hydrogens (primary N) is 1. The maximum absolute atomic E-state index is 11.7. The highest BCUT2D eigenvalue weighted by Gasteiger charge is 2.10. The molecule has 4 nitrogen and oxygen atoms in total. The normalized spacial score (nSPS) is 10.8. The molecule has 0 atom stereocenters. The number of nitrogens with one attached hydrogen (secondary N) is 1. The Morgan fingerprint density at radius 2 is 2.21 bits per heavy atom. The Balaban J connectivity index is 2.24. The summed E-state index contributed by atoms with van der Waals surface area (Å²) in [5, 5.41) is 1.10. The van der Waals surface area contributed by atoms with Gasteiger partial charge in [0.25, 0.3) is 0 Å². The Morgan fingerprint density at radius 1 is 1.37 bits per heavy atom. The average Bonchev–Trinajstić information content (AvgIpc) is 2.82. The van der Waals surface area contributed by atoms with Crippen molar-refractivity contribution in [2.24, 2.45) is 5.73 Å². The van der Waals surface area contributed by atoms with Crippen LogP contribution < -0.4 is 5.73 Å². The van der Waals surface area contributed by atoms with Crippen LogP contribution in [-0.4, -0.2) is 24.1 Å². The quantitative estimate of drug-likeness (QED) is 0.619. The highest BCUT2D eigenvalue weighted by Crippen LogP contribution is 2.22. The smallest absolute Gasteiger partial charge is 0.338 e. The van der Waals surface area contributed by atoms with Gasteiger partial charge in [0.2, 0.25) is 0 Å². The van der Waals surface area contributed by atoms with Gasteiger partial charge in [-0.3, -0.25) is 0 Å². The Kier molecular flexibility index (Phi) is 4.58. The lowest BCUT2D eigenvalue weighted by atomic mass is 10.0. The Hall–Kier alpha value is -1.81. The first kappa shape index (κ1) is 13.6. The minimum Gasteiger partial charge on any atom is -0.462 e. The Morgan fingerprint density at radius 3 is 2.95 bits per heavy atom. The van der Waals surface area contributed by atoms with Crippen LogP contribution in [0.4, 0.5) is 0 Å². The van der Waals surface area contributed by atoms with Crippen LogP contribution in [0.5, 0.6) is 0 Å². The van der Waals surface area contributed by atoms with Crippen molar-refractivity contribution in [2.45, 2.75) is 26.2 Å². The van der Waals surface area contributed by atoms with Crippen LogP contribution in [0.3, 0.4) is 0 Å². The van der Waals surface area contributed by atoms with Crippen molar-refractivity contribution >= 4 is 16.9 Å². The second-order valence-corrected chi connectivity index (χ2v) is 4.54. The SMILES string of the molecule is CCOC(=O)c1ccc2[nH]cc(CCCCN)c2c1. The third-order valence-corrected chi connectivity index (χ3v) is 3.18. The van der Waals surface area contributed by atoms with Gasteiger partial charge < -0.3 is 15.5 Å².